The predicted octanol–water partition coefficient (Wildman–Crippen LogP) is 4.07. The Hall–Kier alpha value is -3.73. The van der Waals surface area contributed by atoms with Gasteiger partial charge in [0.15, 0.2) is 11.6 Å². The number of amides is 3. The molecule has 2 aromatic carbocycles. The number of carbonyl (C=O) groups excluding carboxylic acids is 2. The summed E-state index contributed by atoms with van der Waals surface area (Å²) < 4.78 is 27.2. The third-order valence-corrected chi connectivity index (χ3v) is 9.36. The molecule has 3 saturated heterocycles. The number of aryl methyl sites for hydroxylation is 1. The van der Waals surface area contributed by atoms with Crippen molar-refractivity contribution in [2.75, 3.05) is 57.3 Å². The first kappa shape index (κ1) is 29.3. The normalized spacial score (nSPS) is 19.6. The molecule has 0 saturated carbocycles. The zero-order valence-corrected chi connectivity index (χ0v) is 24.8. The molecule has 2 N–H and O–H groups in total. The maximum absolute atomic E-state index is 14.0. The number of fused-ring (bicyclic) bond motifs is 1. The second-order valence-corrected chi connectivity index (χ2v) is 12.2. The van der Waals surface area contributed by atoms with E-state index >= 15 is 0 Å². The first-order chi connectivity index (χ1) is 20.9. The van der Waals surface area contributed by atoms with Gasteiger partial charge in [-0.05, 0) is 75.0 Å². The van der Waals surface area contributed by atoms with Crippen LogP contribution in [0.1, 0.15) is 43.2 Å². The van der Waals surface area contributed by atoms with Gasteiger partial charge in [0.05, 0.1) is 11.7 Å². The van der Waals surface area contributed by atoms with E-state index < -0.39 is 17.7 Å². The highest BCUT2D eigenvalue weighted by atomic mass is 19.2. The van der Waals surface area contributed by atoms with Crippen molar-refractivity contribution < 1.29 is 18.4 Å². The summed E-state index contributed by atoms with van der Waals surface area (Å²) in [7, 11) is 0. The SMILES string of the molecule is Cc1cc(C[C@@H](NC(=O)N2CCN(c3ccc(F)c(F)c3)CC2)C(=O)N2CCC(N3CCCCC3)CC2)cc2cn[nH]c12. The number of urea groups is 1. The molecule has 3 amide bonds. The first-order valence-electron chi connectivity index (χ1n) is 15.6. The average Bonchev–Trinajstić information content (AvgIpc) is 3.52. The summed E-state index contributed by atoms with van der Waals surface area (Å²) in [5.41, 5.74) is 3.56. The molecule has 0 unspecified atom stereocenters. The minimum absolute atomic E-state index is 0.0455. The standard InChI is InChI=1S/C32H41F2N7O2/c1-22-17-23(18-24-21-35-37-30(22)24)19-29(31(42)40-11-7-25(8-12-40)38-9-3-2-4-10-38)36-32(43)41-15-13-39(14-16-41)26-5-6-27(33)28(34)20-26/h5-6,17-18,20-21,25,29H,2-4,7-16,19H2,1H3,(H,35,37)(H,36,43)/t29-/m1/s1. The van der Waals surface area contributed by atoms with E-state index in [9.17, 15) is 18.4 Å². The van der Waals surface area contributed by atoms with Crippen LogP contribution in [-0.2, 0) is 11.2 Å². The van der Waals surface area contributed by atoms with Crippen LogP contribution < -0.4 is 10.2 Å². The molecule has 1 atom stereocenters. The van der Waals surface area contributed by atoms with Crippen LogP contribution in [0.15, 0.2) is 36.5 Å². The molecular formula is C32H41F2N7O2. The molecule has 1 aromatic heterocycles. The quantitative estimate of drug-likeness (QED) is 0.450. The molecule has 4 heterocycles. The number of carbonyl (C=O) groups is 2. The number of nitrogens with one attached hydrogen (secondary N) is 2. The molecule has 230 valence electrons. The number of benzene rings is 2. The summed E-state index contributed by atoms with van der Waals surface area (Å²) in [6.45, 7) is 7.48. The van der Waals surface area contributed by atoms with E-state index in [4.69, 9.17) is 0 Å². The largest absolute Gasteiger partial charge is 0.368 e. The van der Waals surface area contributed by atoms with Crippen molar-refractivity contribution in [2.24, 2.45) is 0 Å². The first-order valence-corrected chi connectivity index (χ1v) is 15.6. The molecule has 0 radical (unpaired) electrons. The fourth-order valence-corrected chi connectivity index (χ4v) is 6.91. The lowest BCUT2D eigenvalue weighted by Crippen LogP contribution is -2.58. The topological polar surface area (TPSA) is 87.8 Å². The Morgan fingerprint density at radius 2 is 1.67 bits per heavy atom. The lowest BCUT2D eigenvalue weighted by Gasteiger charge is -2.41. The Kier molecular flexibility index (Phi) is 8.78. The zero-order valence-electron chi connectivity index (χ0n) is 24.8. The number of aromatic nitrogens is 2. The number of H-pyrrole nitrogens is 1. The van der Waals surface area contributed by atoms with Gasteiger partial charge in [0.25, 0.3) is 0 Å². The van der Waals surface area contributed by atoms with Gasteiger partial charge in [-0.15, -0.1) is 0 Å². The van der Waals surface area contributed by atoms with E-state index in [1.807, 2.05) is 22.8 Å². The van der Waals surface area contributed by atoms with E-state index in [1.165, 1.54) is 25.3 Å². The molecule has 11 heteroatoms. The summed E-state index contributed by atoms with van der Waals surface area (Å²) >= 11 is 0. The highest BCUT2D eigenvalue weighted by molar-refractivity contribution is 5.88. The summed E-state index contributed by atoms with van der Waals surface area (Å²) in [6, 6.07) is 7.48. The third kappa shape index (κ3) is 6.61. The second kappa shape index (κ2) is 12.9. The average molecular weight is 594 g/mol. The van der Waals surface area contributed by atoms with Crippen molar-refractivity contribution in [3.63, 3.8) is 0 Å². The van der Waals surface area contributed by atoms with Gasteiger partial charge < -0.3 is 24.9 Å². The van der Waals surface area contributed by atoms with Gasteiger partial charge in [-0.1, -0.05) is 12.5 Å². The van der Waals surface area contributed by atoms with Crippen LogP contribution >= 0.6 is 0 Å². The van der Waals surface area contributed by atoms with Gasteiger partial charge in [-0.2, -0.15) is 5.10 Å². The van der Waals surface area contributed by atoms with Crippen molar-refractivity contribution in [2.45, 2.75) is 57.5 Å². The highest BCUT2D eigenvalue weighted by Crippen LogP contribution is 2.24. The molecule has 9 nitrogen and oxygen atoms in total. The Bertz CT molecular complexity index is 1440. The maximum Gasteiger partial charge on any atom is 0.318 e. The van der Waals surface area contributed by atoms with E-state index in [2.05, 4.69) is 26.5 Å². The molecule has 0 aliphatic carbocycles. The van der Waals surface area contributed by atoms with Crippen molar-refractivity contribution in [1.29, 1.82) is 0 Å². The van der Waals surface area contributed by atoms with Crippen LogP contribution in [0.3, 0.4) is 0 Å². The molecule has 43 heavy (non-hydrogen) atoms. The Morgan fingerprint density at radius 3 is 2.40 bits per heavy atom. The van der Waals surface area contributed by atoms with Gasteiger partial charge in [-0.3, -0.25) is 9.89 Å². The number of halogens is 2. The van der Waals surface area contributed by atoms with Crippen molar-refractivity contribution >= 4 is 28.5 Å². The van der Waals surface area contributed by atoms with Crippen molar-refractivity contribution in [3.05, 3.63) is 59.3 Å². The van der Waals surface area contributed by atoms with Crippen LogP contribution in [0, 0.1) is 18.6 Å². The smallest absolute Gasteiger partial charge is 0.318 e. The van der Waals surface area contributed by atoms with E-state index in [0.29, 0.717) is 57.4 Å². The van der Waals surface area contributed by atoms with Gasteiger partial charge in [0, 0.05) is 68.9 Å². The number of likely N-dealkylation sites (tertiary alicyclic amines) is 2. The fraction of sp³-hybridized carbons (Fsp3) is 0.531. The number of aromatic amines is 1. The number of piperidine rings is 2. The highest BCUT2D eigenvalue weighted by Gasteiger charge is 2.33. The molecule has 6 rings (SSSR count). The van der Waals surface area contributed by atoms with Gasteiger partial charge in [0.1, 0.15) is 6.04 Å². The van der Waals surface area contributed by atoms with Crippen molar-refractivity contribution in [1.82, 2.24) is 30.2 Å². The van der Waals surface area contributed by atoms with Crippen molar-refractivity contribution in [3.8, 4) is 0 Å². The summed E-state index contributed by atoms with van der Waals surface area (Å²) in [4.78, 5) is 35.7. The second-order valence-electron chi connectivity index (χ2n) is 12.2. The Labute approximate surface area is 251 Å². The Balaban J connectivity index is 1.13. The van der Waals surface area contributed by atoms with Crippen LogP contribution in [0.25, 0.3) is 10.9 Å². The Morgan fingerprint density at radius 1 is 0.930 bits per heavy atom. The van der Waals surface area contributed by atoms with Gasteiger partial charge >= 0.3 is 6.03 Å². The minimum atomic E-state index is -0.886. The summed E-state index contributed by atoms with van der Waals surface area (Å²) in [5, 5.41) is 11.2. The lowest BCUT2D eigenvalue weighted by atomic mass is 9.97. The zero-order chi connectivity index (χ0) is 29.9. The number of hydrogen-bond acceptors (Lipinski definition) is 5. The minimum Gasteiger partial charge on any atom is -0.368 e. The number of anilines is 1. The summed E-state index contributed by atoms with van der Waals surface area (Å²) in [6.07, 6.45) is 7.88. The van der Waals surface area contributed by atoms with Crippen LogP contribution in [-0.4, -0.2) is 101 Å². The molecule has 3 aromatic rings. The molecule has 3 aliphatic rings. The molecule has 3 aliphatic heterocycles. The van der Waals surface area contributed by atoms with Crippen LogP contribution in [0.5, 0.6) is 0 Å². The van der Waals surface area contributed by atoms with E-state index in [1.54, 1.807) is 17.2 Å². The number of piperazine rings is 1. The molecule has 0 bridgehead atoms. The number of rotatable bonds is 6. The molecular weight excluding hydrogens is 552 g/mol. The van der Waals surface area contributed by atoms with Crippen LogP contribution in [0.2, 0.25) is 0 Å². The predicted molar refractivity (Wildman–Crippen MR) is 162 cm³/mol. The monoisotopic (exact) mass is 593 g/mol. The molecule has 0 spiro atoms. The maximum atomic E-state index is 14.0. The van der Waals surface area contributed by atoms with E-state index in [-0.39, 0.29) is 11.9 Å². The number of nitrogens with zero attached hydrogens (tertiary/aromatic N) is 5. The fourth-order valence-electron chi connectivity index (χ4n) is 6.91. The number of hydrogen-bond donors (Lipinski definition) is 2. The van der Waals surface area contributed by atoms with E-state index in [0.717, 1.165) is 54.0 Å². The van der Waals surface area contributed by atoms with Gasteiger partial charge in [-0.25, -0.2) is 13.6 Å². The molecule has 3 fully saturated rings. The third-order valence-electron chi connectivity index (χ3n) is 9.36. The van der Waals surface area contributed by atoms with Crippen LogP contribution in [0.4, 0.5) is 19.3 Å². The summed E-state index contributed by atoms with van der Waals surface area (Å²) in [5.74, 6) is -1.81. The van der Waals surface area contributed by atoms with Gasteiger partial charge in [0.2, 0.25) is 5.91 Å². The lowest BCUT2D eigenvalue weighted by molar-refractivity contribution is -0.134.